The third kappa shape index (κ3) is 5.59. The van der Waals surface area contributed by atoms with E-state index in [0.29, 0.717) is 19.0 Å². The Hall–Kier alpha value is -3.22. The first-order chi connectivity index (χ1) is 22.0. The Bertz CT molecular complexity index is 1590. The Morgan fingerprint density at radius 2 is 1.74 bits per heavy atom. The number of aliphatic hydroxyl groups excluding tert-OH is 1. The summed E-state index contributed by atoms with van der Waals surface area (Å²) in [6, 6.07) is 0.614. The summed E-state index contributed by atoms with van der Waals surface area (Å²) in [4.78, 5) is 32.4. The molecule has 3 aliphatic rings. The second kappa shape index (κ2) is 12.7. The van der Waals surface area contributed by atoms with Crippen molar-refractivity contribution >= 4 is 31.3 Å². The van der Waals surface area contributed by atoms with Crippen LogP contribution in [-0.2, 0) is 15.6 Å². The Balaban J connectivity index is 1.77. The molecule has 0 unspecified atom stereocenters. The molecule has 0 aliphatic heterocycles. The first-order valence-electron chi connectivity index (χ1n) is 16.8. The van der Waals surface area contributed by atoms with Crippen LogP contribution in [0.15, 0.2) is 16.2 Å². The van der Waals surface area contributed by atoms with Gasteiger partial charge in [0.1, 0.15) is 17.1 Å². The molecule has 3 aliphatic carbocycles. The lowest BCUT2D eigenvalue weighted by Gasteiger charge is -2.55. The summed E-state index contributed by atoms with van der Waals surface area (Å²) in [6.07, 6.45) is 3.56. The molecule has 1 heterocycles. The molecule has 258 valence electrons. The molecule has 2 aromatic rings. The average molecular weight is 672 g/mol. The van der Waals surface area contributed by atoms with Crippen molar-refractivity contribution in [2.45, 2.75) is 103 Å². The number of carbonyl (C=O) groups excluding carboxylic acids is 2. The van der Waals surface area contributed by atoms with Crippen LogP contribution in [0.5, 0.6) is 11.6 Å². The normalized spacial score (nSPS) is 24.2. The molecule has 0 amide bonds. The number of benzene rings is 1. The molecule has 1 saturated carbocycles. The topological polar surface area (TPSA) is 137 Å². The van der Waals surface area contributed by atoms with E-state index in [0.717, 1.165) is 25.7 Å². The average Bonchev–Trinajstić information content (AvgIpc) is 3.39. The number of aliphatic hydroxyl groups is 1. The molecule has 0 spiro atoms. The van der Waals surface area contributed by atoms with Crippen LogP contribution in [0.25, 0.3) is 5.76 Å². The van der Waals surface area contributed by atoms with Crippen LogP contribution in [0, 0.1) is 17.7 Å². The van der Waals surface area contributed by atoms with Gasteiger partial charge in [-0.1, -0.05) is 47.5 Å². The van der Waals surface area contributed by atoms with E-state index in [2.05, 4.69) is 5.16 Å². The maximum absolute atomic E-state index is 15.6. The number of hydrogen-bond donors (Lipinski definition) is 2. The highest BCUT2D eigenvalue weighted by atomic mass is 28.4. The van der Waals surface area contributed by atoms with Gasteiger partial charge in [0.25, 0.3) is 5.88 Å². The fourth-order valence-electron chi connectivity index (χ4n) is 7.05. The van der Waals surface area contributed by atoms with Gasteiger partial charge in [-0.15, -0.1) is 0 Å². The van der Waals surface area contributed by atoms with Crippen LogP contribution in [0.3, 0.4) is 0 Å². The zero-order chi connectivity index (χ0) is 34.6. The van der Waals surface area contributed by atoms with Crippen LogP contribution in [0.2, 0.25) is 18.1 Å². The van der Waals surface area contributed by atoms with E-state index in [4.69, 9.17) is 24.2 Å². The molecule has 0 bridgehead atoms. The number of carbonyl (C=O) groups is 2. The SMILES string of the molecule is CCCCOc1noc2c1C(=O)[C@@]1(O[Si](C)(C)C(C)(C)C)C(=O)C3=C(O)c4c(c(F)cc(N)c4OCCCC)C[C@H]3C[C@H]1[C@@H]2N(C)C. The predicted molar refractivity (Wildman–Crippen MR) is 180 cm³/mol. The van der Waals surface area contributed by atoms with E-state index >= 15 is 14.0 Å². The summed E-state index contributed by atoms with van der Waals surface area (Å²) in [7, 11) is 0.840. The number of anilines is 1. The smallest absolute Gasteiger partial charge is 0.265 e. The van der Waals surface area contributed by atoms with E-state index in [-0.39, 0.29) is 57.5 Å². The van der Waals surface area contributed by atoms with Crippen LogP contribution in [-0.4, -0.2) is 68.0 Å². The van der Waals surface area contributed by atoms with Crippen LogP contribution >= 0.6 is 0 Å². The molecule has 10 nitrogen and oxygen atoms in total. The van der Waals surface area contributed by atoms with Crippen molar-refractivity contribution in [2.24, 2.45) is 11.8 Å². The van der Waals surface area contributed by atoms with Crippen LogP contribution < -0.4 is 15.2 Å². The molecule has 4 atom stereocenters. The minimum atomic E-state index is -2.87. The first kappa shape index (κ1) is 35.1. The lowest BCUT2D eigenvalue weighted by atomic mass is 9.57. The number of nitrogens with zero attached hydrogens (tertiary/aromatic N) is 2. The Labute approximate surface area is 277 Å². The predicted octanol–water partition coefficient (Wildman–Crippen LogP) is 7.04. The number of ketones is 2. The van der Waals surface area contributed by atoms with E-state index in [1.165, 1.54) is 6.07 Å². The van der Waals surface area contributed by atoms with Crippen molar-refractivity contribution in [3.63, 3.8) is 0 Å². The fraction of sp³-hybridized carbons (Fsp3) is 0.629. The number of ether oxygens (including phenoxy) is 2. The van der Waals surface area contributed by atoms with Gasteiger partial charge < -0.3 is 29.3 Å². The number of aromatic nitrogens is 1. The standard InChI is InChI=1S/C35H50FN3O7Si/c1-10-12-14-43-29-23(37)18-22(36)20-16-19-17-21-27(39(6)7)30-26(33(38-45-30)44-15-13-11-2)32(42)35(21,46-47(8,9)34(3,4)5)31(41)24(19)28(40)25(20)29/h18-19,21,27,40H,10-17,37H2,1-9H3/t19-,21-,27-,35-/m0/s1. The van der Waals surface area contributed by atoms with Gasteiger partial charge in [-0.2, -0.15) is 0 Å². The minimum absolute atomic E-state index is 0.0284. The number of Topliss-reactive ketones (excluding diaryl/α,β-unsaturated/α-hetero) is 2. The second-order valence-electron chi connectivity index (χ2n) is 14.9. The lowest BCUT2D eigenvalue weighted by Crippen LogP contribution is -2.68. The Morgan fingerprint density at radius 1 is 1.11 bits per heavy atom. The number of nitrogen functional groups attached to an aromatic ring is 1. The van der Waals surface area contributed by atoms with Crippen molar-refractivity contribution in [2.75, 3.05) is 33.0 Å². The summed E-state index contributed by atoms with van der Waals surface area (Å²) in [5.41, 5.74) is 4.69. The zero-order valence-corrected chi connectivity index (χ0v) is 30.2. The minimum Gasteiger partial charge on any atom is -0.507 e. The molecular weight excluding hydrogens is 621 g/mol. The van der Waals surface area contributed by atoms with Crippen molar-refractivity contribution in [3.05, 3.63) is 39.9 Å². The molecule has 1 aromatic heterocycles. The highest BCUT2D eigenvalue weighted by Crippen LogP contribution is 2.59. The monoisotopic (exact) mass is 671 g/mol. The molecule has 12 heteroatoms. The number of nitrogens with two attached hydrogens (primary N) is 1. The van der Waals surface area contributed by atoms with Crippen LogP contribution in [0.4, 0.5) is 10.1 Å². The number of halogens is 1. The molecule has 0 radical (unpaired) electrons. The van der Waals surface area contributed by atoms with Gasteiger partial charge in [0.15, 0.2) is 25.4 Å². The maximum atomic E-state index is 15.6. The number of fused-ring (bicyclic) bond motifs is 4. The first-order valence-corrected chi connectivity index (χ1v) is 19.7. The van der Waals surface area contributed by atoms with Crippen molar-refractivity contribution in [1.82, 2.24) is 10.1 Å². The van der Waals surface area contributed by atoms with Gasteiger partial charge in [0.05, 0.1) is 30.5 Å². The van der Waals surface area contributed by atoms with Gasteiger partial charge in [-0.05, 0) is 69.0 Å². The number of hydrogen-bond acceptors (Lipinski definition) is 10. The fourth-order valence-corrected chi connectivity index (χ4v) is 8.49. The highest BCUT2D eigenvalue weighted by Gasteiger charge is 2.69. The summed E-state index contributed by atoms with van der Waals surface area (Å²) >= 11 is 0. The molecule has 47 heavy (non-hydrogen) atoms. The van der Waals surface area contributed by atoms with Crippen molar-refractivity contribution in [1.29, 1.82) is 0 Å². The van der Waals surface area contributed by atoms with Gasteiger partial charge in [0.2, 0.25) is 11.6 Å². The molecule has 0 saturated heterocycles. The zero-order valence-electron chi connectivity index (χ0n) is 29.2. The lowest BCUT2D eigenvalue weighted by molar-refractivity contribution is -0.140. The summed E-state index contributed by atoms with van der Waals surface area (Å²) in [5.74, 6) is -3.04. The highest BCUT2D eigenvalue weighted by molar-refractivity contribution is 6.74. The largest absolute Gasteiger partial charge is 0.507 e. The third-order valence-electron chi connectivity index (χ3n) is 10.5. The molecule has 1 aromatic carbocycles. The van der Waals surface area contributed by atoms with Crippen LogP contribution in [0.1, 0.15) is 100 Å². The summed E-state index contributed by atoms with van der Waals surface area (Å²) in [5, 5.41) is 15.8. The van der Waals surface area contributed by atoms with Crippen molar-refractivity contribution < 1.29 is 37.5 Å². The van der Waals surface area contributed by atoms with E-state index in [9.17, 15) is 5.11 Å². The number of unbranched alkanes of at least 4 members (excludes halogenated alkanes) is 2. The Morgan fingerprint density at radius 3 is 2.34 bits per heavy atom. The van der Waals surface area contributed by atoms with E-state index in [1.807, 2.05) is 66.7 Å². The summed E-state index contributed by atoms with van der Waals surface area (Å²) in [6.45, 7) is 14.8. The van der Waals surface area contributed by atoms with Gasteiger partial charge in [0, 0.05) is 23.1 Å². The molecule has 1 fully saturated rings. The molecular formula is C35H50FN3O7Si. The second-order valence-corrected chi connectivity index (χ2v) is 19.7. The maximum Gasteiger partial charge on any atom is 0.265 e. The number of rotatable bonds is 11. The third-order valence-corrected chi connectivity index (χ3v) is 15.0. The van der Waals surface area contributed by atoms with E-state index in [1.54, 1.807) is 0 Å². The van der Waals surface area contributed by atoms with Gasteiger partial charge in [-0.3, -0.25) is 14.5 Å². The van der Waals surface area contributed by atoms with Gasteiger partial charge >= 0.3 is 0 Å². The van der Waals surface area contributed by atoms with E-state index < -0.39 is 54.9 Å². The summed E-state index contributed by atoms with van der Waals surface area (Å²) < 4.78 is 40.5. The molecule has 5 rings (SSSR count). The molecule has 3 N–H and O–H groups in total. The van der Waals surface area contributed by atoms with Gasteiger partial charge in [-0.25, -0.2) is 4.39 Å². The Kier molecular flexibility index (Phi) is 9.46. The quantitative estimate of drug-likeness (QED) is 0.111. The van der Waals surface area contributed by atoms with Crippen molar-refractivity contribution in [3.8, 4) is 11.6 Å².